The number of imidazole rings is 1. The van der Waals surface area contributed by atoms with Gasteiger partial charge in [0.15, 0.2) is 11.5 Å². The van der Waals surface area contributed by atoms with E-state index < -0.39 is 0 Å². The Balaban J connectivity index is 1.31. The van der Waals surface area contributed by atoms with E-state index in [-0.39, 0.29) is 6.04 Å². The number of nitrogens with zero attached hydrogens (tertiary/aromatic N) is 9. The molecule has 6 aromatic rings. The van der Waals surface area contributed by atoms with Crippen LogP contribution < -0.4 is 0 Å². The predicted octanol–water partition coefficient (Wildman–Crippen LogP) is 4.32. The Kier molecular flexibility index (Phi) is 5.31. The van der Waals surface area contributed by atoms with Crippen molar-refractivity contribution in [2.75, 3.05) is 0 Å². The summed E-state index contributed by atoms with van der Waals surface area (Å²) in [5, 5.41) is 23.1. The van der Waals surface area contributed by atoms with Crippen LogP contribution in [0, 0.1) is 6.92 Å². The molecule has 10 heteroatoms. The number of nitrogens with one attached hydrogen (secondary N) is 1. The lowest BCUT2D eigenvalue weighted by Gasteiger charge is -2.18. The Hall–Kier alpha value is -4.73. The minimum Gasteiger partial charge on any atom is -0.305 e. The average molecular weight is 503 g/mol. The van der Waals surface area contributed by atoms with Crippen molar-refractivity contribution >= 4 is 11.2 Å². The highest BCUT2D eigenvalue weighted by Crippen LogP contribution is 2.40. The minimum atomic E-state index is 0.192. The molecule has 0 radical (unpaired) electrons. The fourth-order valence-corrected chi connectivity index (χ4v) is 5.70. The third kappa shape index (κ3) is 3.68. The number of aromatic nitrogens is 10. The average Bonchev–Trinajstić information content (AvgIpc) is 3.75. The maximum Gasteiger partial charge on any atom is 0.180 e. The minimum absolute atomic E-state index is 0.192. The Morgan fingerprint density at radius 2 is 1.84 bits per heavy atom. The highest BCUT2D eigenvalue weighted by atomic mass is 15.5. The van der Waals surface area contributed by atoms with Crippen LogP contribution in [-0.4, -0.2) is 50.2 Å². The molecule has 10 nitrogen and oxygen atoms in total. The first kappa shape index (κ1) is 22.5. The molecular formula is C28H26N10. The molecule has 0 spiro atoms. The zero-order chi connectivity index (χ0) is 25.6. The molecule has 0 saturated heterocycles. The first-order valence-corrected chi connectivity index (χ1v) is 12.9. The Bertz CT molecular complexity index is 1750. The van der Waals surface area contributed by atoms with Crippen molar-refractivity contribution in [1.29, 1.82) is 0 Å². The highest BCUT2D eigenvalue weighted by Gasteiger charge is 2.29. The zero-order valence-corrected chi connectivity index (χ0v) is 21.2. The van der Waals surface area contributed by atoms with Gasteiger partial charge in [-0.05, 0) is 64.1 Å². The molecule has 7 rings (SSSR count). The fraction of sp³-hybridized carbons (Fsp3) is 0.250. The van der Waals surface area contributed by atoms with Crippen molar-refractivity contribution in [1.82, 2.24) is 50.2 Å². The highest BCUT2D eigenvalue weighted by molar-refractivity contribution is 5.81. The first-order valence-electron chi connectivity index (χ1n) is 12.9. The van der Waals surface area contributed by atoms with Crippen molar-refractivity contribution < 1.29 is 0 Å². The standard InChI is InChI=1S/C28H26N10/c1-3-25-32-26-17(2)14-20(16-37-29-12-13-30-37)31-28(26)38(25)24-11-9-19-15-18(8-10-22(19)24)21-6-4-5-7-23(21)27-33-35-36-34-27/h4-8,10,12-15,24H,3,9,11,16H2,1-2H3,(H,33,34,35,36). The number of rotatable bonds is 6. The van der Waals surface area contributed by atoms with Crippen molar-refractivity contribution in [3.63, 3.8) is 0 Å². The maximum atomic E-state index is 5.08. The number of aryl methyl sites for hydroxylation is 3. The summed E-state index contributed by atoms with van der Waals surface area (Å²) in [5.41, 5.74) is 9.90. The van der Waals surface area contributed by atoms with E-state index in [1.807, 2.05) is 18.2 Å². The van der Waals surface area contributed by atoms with E-state index in [1.54, 1.807) is 17.2 Å². The summed E-state index contributed by atoms with van der Waals surface area (Å²) in [6.07, 6.45) is 6.23. The summed E-state index contributed by atoms with van der Waals surface area (Å²) >= 11 is 0. The van der Waals surface area contributed by atoms with Crippen molar-refractivity contribution in [3.8, 4) is 22.5 Å². The predicted molar refractivity (Wildman–Crippen MR) is 142 cm³/mol. The summed E-state index contributed by atoms with van der Waals surface area (Å²) in [4.78, 5) is 11.8. The van der Waals surface area contributed by atoms with Crippen LogP contribution in [0.3, 0.4) is 0 Å². The third-order valence-electron chi connectivity index (χ3n) is 7.39. The zero-order valence-electron chi connectivity index (χ0n) is 21.2. The number of benzene rings is 2. The summed E-state index contributed by atoms with van der Waals surface area (Å²) < 4.78 is 2.36. The normalized spacial score (nSPS) is 14.8. The SMILES string of the molecule is CCc1nc2c(C)cc(Cn3nccn3)nc2n1C1CCc2cc(-c3ccccc3-c3nnn[nH]3)ccc21. The van der Waals surface area contributed by atoms with Gasteiger partial charge in [0.1, 0.15) is 17.9 Å². The molecule has 4 aromatic heterocycles. The molecule has 0 bridgehead atoms. The lowest BCUT2D eigenvalue weighted by molar-refractivity contribution is 0.561. The summed E-state index contributed by atoms with van der Waals surface area (Å²) in [5.74, 6) is 1.73. The molecule has 0 fully saturated rings. The van der Waals surface area contributed by atoms with Gasteiger partial charge in [-0.3, -0.25) is 0 Å². The summed E-state index contributed by atoms with van der Waals surface area (Å²) in [6.45, 7) is 4.80. The maximum absolute atomic E-state index is 5.08. The van der Waals surface area contributed by atoms with E-state index in [2.05, 4.69) is 79.6 Å². The van der Waals surface area contributed by atoms with Crippen LogP contribution in [-0.2, 0) is 19.4 Å². The Morgan fingerprint density at radius 1 is 1.00 bits per heavy atom. The van der Waals surface area contributed by atoms with Gasteiger partial charge in [-0.25, -0.2) is 15.1 Å². The van der Waals surface area contributed by atoms with E-state index in [9.17, 15) is 0 Å². The molecule has 1 unspecified atom stereocenters. The van der Waals surface area contributed by atoms with Gasteiger partial charge in [0.25, 0.3) is 0 Å². The van der Waals surface area contributed by atoms with E-state index in [0.29, 0.717) is 12.4 Å². The van der Waals surface area contributed by atoms with Crippen LogP contribution in [0.15, 0.2) is 60.9 Å². The second-order valence-corrected chi connectivity index (χ2v) is 9.68. The van der Waals surface area contributed by atoms with Crippen LogP contribution in [0.5, 0.6) is 0 Å². The van der Waals surface area contributed by atoms with Crippen LogP contribution in [0.25, 0.3) is 33.7 Å². The van der Waals surface area contributed by atoms with Crippen molar-refractivity contribution in [3.05, 3.63) is 89.1 Å². The van der Waals surface area contributed by atoms with E-state index in [0.717, 1.165) is 64.2 Å². The molecule has 2 aromatic carbocycles. The van der Waals surface area contributed by atoms with Crippen LogP contribution in [0.4, 0.5) is 0 Å². The van der Waals surface area contributed by atoms with Crippen LogP contribution in [0.2, 0.25) is 0 Å². The van der Waals surface area contributed by atoms with Gasteiger partial charge in [-0.1, -0.05) is 49.4 Å². The Labute approximate surface area is 218 Å². The quantitative estimate of drug-likeness (QED) is 0.360. The van der Waals surface area contributed by atoms with E-state index in [4.69, 9.17) is 9.97 Å². The molecule has 0 saturated carbocycles. The second kappa shape index (κ2) is 8.98. The van der Waals surface area contributed by atoms with Gasteiger partial charge in [0, 0.05) is 12.0 Å². The molecule has 1 aliphatic carbocycles. The number of pyridine rings is 1. The van der Waals surface area contributed by atoms with E-state index in [1.165, 1.54) is 11.1 Å². The van der Waals surface area contributed by atoms with Gasteiger partial charge in [0.05, 0.1) is 24.1 Å². The fourth-order valence-electron chi connectivity index (χ4n) is 5.70. The molecule has 0 amide bonds. The largest absolute Gasteiger partial charge is 0.305 e. The van der Waals surface area contributed by atoms with E-state index >= 15 is 0 Å². The number of H-pyrrole nitrogens is 1. The summed E-state index contributed by atoms with van der Waals surface area (Å²) in [7, 11) is 0. The molecule has 1 atom stereocenters. The molecule has 1 aliphatic rings. The lowest BCUT2D eigenvalue weighted by Crippen LogP contribution is -2.13. The Morgan fingerprint density at radius 3 is 2.63 bits per heavy atom. The van der Waals surface area contributed by atoms with Gasteiger partial charge in [-0.2, -0.15) is 15.0 Å². The topological polar surface area (TPSA) is 116 Å². The van der Waals surface area contributed by atoms with Gasteiger partial charge in [-0.15, -0.1) is 5.10 Å². The number of hydrogen-bond donors (Lipinski definition) is 1. The molecule has 0 aliphatic heterocycles. The number of fused-ring (bicyclic) bond motifs is 2. The molecular weight excluding hydrogens is 476 g/mol. The van der Waals surface area contributed by atoms with Crippen molar-refractivity contribution in [2.45, 2.75) is 45.7 Å². The van der Waals surface area contributed by atoms with Gasteiger partial charge >= 0.3 is 0 Å². The van der Waals surface area contributed by atoms with Crippen molar-refractivity contribution in [2.24, 2.45) is 0 Å². The monoisotopic (exact) mass is 502 g/mol. The first-order chi connectivity index (χ1) is 18.7. The number of hydrogen-bond acceptors (Lipinski definition) is 7. The number of aromatic amines is 1. The van der Waals surface area contributed by atoms with Gasteiger partial charge in [0.2, 0.25) is 0 Å². The smallest absolute Gasteiger partial charge is 0.180 e. The summed E-state index contributed by atoms with van der Waals surface area (Å²) in [6, 6.07) is 17.3. The number of tetrazole rings is 1. The third-order valence-corrected chi connectivity index (χ3v) is 7.39. The second-order valence-electron chi connectivity index (χ2n) is 9.68. The molecule has 38 heavy (non-hydrogen) atoms. The molecule has 1 N–H and O–H groups in total. The molecule has 4 heterocycles. The van der Waals surface area contributed by atoms with Crippen LogP contribution >= 0.6 is 0 Å². The van der Waals surface area contributed by atoms with Crippen LogP contribution in [0.1, 0.15) is 47.6 Å². The van der Waals surface area contributed by atoms with Gasteiger partial charge < -0.3 is 4.57 Å². The molecule has 188 valence electrons. The lowest BCUT2D eigenvalue weighted by atomic mass is 9.96.